The van der Waals surface area contributed by atoms with E-state index in [2.05, 4.69) is 53.2 Å². The van der Waals surface area contributed by atoms with E-state index < -0.39 is 0 Å². The van der Waals surface area contributed by atoms with E-state index in [1.54, 1.807) is 0 Å². The van der Waals surface area contributed by atoms with E-state index in [1.807, 2.05) is 24.7 Å². The fourth-order valence-electron chi connectivity index (χ4n) is 2.06. The van der Waals surface area contributed by atoms with Crippen LogP contribution in [0.4, 0.5) is 0 Å². The topological polar surface area (TPSA) is 27.1 Å². The standard InChI is InChI=1S/C15H19BrN2O/c1-10(2)18-9-17-7-13(18)8-19-14-5-11(3)15(16)12(4)6-14/h5-7,9-10H,8H2,1-4H3. The van der Waals surface area contributed by atoms with E-state index in [0.29, 0.717) is 12.6 Å². The number of hydrogen-bond donors (Lipinski definition) is 0. The maximum atomic E-state index is 5.88. The van der Waals surface area contributed by atoms with Crippen LogP contribution in [0.2, 0.25) is 0 Å². The van der Waals surface area contributed by atoms with Crippen molar-refractivity contribution in [3.8, 4) is 5.75 Å². The molecule has 0 aliphatic rings. The largest absolute Gasteiger partial charge is 0.487 e. The first kappa shape index (κ1) is 14.1. The summed E-state index contributed by atoms with van der Waals surface area (Å²) in [4.78, 5) is 4.18. The Hall–Kier alpha value is -1.29. The molecule has 0 amide bonds. The number of imidazole rings is 1. The summed E-state index contributed by atoms with van der Waals surface area (Å²) in [5.41, 5.74) is 3.47. The van der Waals surface area contributed by atoms with Gasteiger partial charge in [0.05, 0.1) is 18.2 Å². The smallest absolute Gasteiger partial charge is 0.130 e. The van der Waals surface area contributed by atoms with E-state index in [4.69, 9.17) is 4.74 Å². The monoisotopic (exact) mass is 322 g/mol. The predicted octanol–water partition coefficient (Wildman–Crippen LogP) is 4.42. The number of benzene rings is 1. The van der Waals surface area contributed by atoms with Gasteiger partial charge in [0.1, 0.15) is 12.4 Å². The van der Waals surface area contributed by atoms with Crippen LogP contribution in [-0.4, -0.2) is 9.55 Å². The fraction of sp³-hybridized carbons (Fsp3) is 0.400. The molecule has 0 atom stereocenters. The summed E-state index contributed by atoms with van der Waals surface area (Å²) in [7, 11) is 0. The zero-order chi connectivity index (χ0) is 14.0. The summed E-state index contributed by atoms with van der Waals surface area (Å²) in [5, 5.41) is 0. The van der Waals surface area contributed by atoms with Crippen molar-refractivity contribution in [2.45, 2.75) is 40.3 Å². The van der Waals surface area contributed by atoms with Gasteiger partial charge in [-0.25, -0.2) is 4.98 Å². The number of aromatic nitrogens is 2. The minimum absolute atomic E-state index is 0.398. The fourth-order valence-corrected chi connectivity index (χ4v) is 2.28. The van der Waals surface area contributed by atoms with Gasteiger partial charge in [0, 0.05) is 10.5 Å². The molecule has 0 aliphatic carbocycles. The molecule has 1 aromatic heterocycles. The van der Waals surface area contributed by atoms with Gasteiger partial charge in [0.25, 0.3) is 0 Å². The molecule has 4 heteroatoms. The lowest BCUT2D eigenvalue weighted by molar-refractivity contribution is 0.291. The lowest BCUT2D eigenvalue weighted by Gasteiger charge is -2.13. The van der Waals surface area contributed by atoms with Gasteiger partial charge < -0.3 is 9.30 Å². The molecule has 2 aromatic rings. The van der Waals surface area contributed by atoms with E-state index in [0.717, 1.165) is 15.9 Å². The van der Waals surface area contributed by atoms with Gasteiger partial charge in [-0.2, -0.15) is 0 Å². The molecule has 0 fully saturated rings. The second kappa shape index (κ2) is 5.78. The Kier molecular flexibility index (Phi) is 4.30. The van der Waals surface area contributed by atoms with Gasteiger partial charge in [-0.3, -0.25) is 0 Å². The molecule has 0 saturated heterocycles. The molecule has 1 heterocycles. The normalized spacial score (nSPS) is 11.1. The first-order valence-corrected chi connectivity index (χ1v) is 7.18. The Bertz CT molecular complexity index is 552. The number of nitrogens with zero attached hydrogens (tertiary/aromatic N) is 2. The zero-order valence-corrected chi connectivity index (χ0v) is 13.4. The first-order chi connectivity index (χ1) is 8.99. The lowest BCUT2D eigenvalue weighted by atomic mass is 10.1. The summed E-state index contributed by atoms with van der Waals surface area (Å²) in [6.07, 6.45) is 3.71. The van der Waals surface area contributed by atoms with Crippen LogP contribution in [0.15, 0.2) is 29.1 Å². The van der Waals surface area contributed by atoms with Gasteiger partial charge in [-0.05, 0) is 51.0 Å². The van der Waals surface area contributed by atoms with Crippen LogP contribution >= 0.6 is 15.9 Å². The van der Waals surface area contributed by atoms with Crippen molar-refractivity contribution in [2.24, 2.45) is 0 Å². The van der Waals surface area contributed by atoms with Crippen LogP contribution in [0.3, 0.4) is 0 Å². The minimum Gasteiger partial charge on any atom is -0.487 e. The van der Waals surface area contributed by atoms with Crippen molar-refractivity contribution >= 4 is 15.9 Å². The van der Waals surface area contributed by atoms with Crippen molar-refractivity contribution in [3.05, 3.63) is 46.0 Å². The minimum atomic E-state index is 0.398. The molecule has 2 rings (SSSR count). The number of rotatable bonds is 4. The third-order valence-corrected chi connectivity index (χ3v) is 4.35. The molecular weight excluding hydrogens is 304 g/mol. The molecule has 0 spiro atoms. The average molecular weight is 323 g/mol. The molecule has 0 N–H and O–H groups in total. The predicted molar refractivity (Wildman–Crippen MR) is 80.6 cm³/mol. The molecule has 1 aromatic carbocycles. The summed E-state index contributed by atoms with van der Waals surface area (Å²) in [6.45, 7) is 8.96. The van der Waals surface area contributed by atoms with E-state index in [9.17, 15) is 0 Å². The lowest BCUT2D eigenvalue weighted by Crippen LogP contribution is -2.07. The molecule has 19 heavy (non-hydrogen) atoms. The quantitative estimate of drug-likeness (QED) is 0.833. The second-order valence-corrected chi connectivity index (χ2v) is 5.84. The summed E-state index contributed by atoms with van der Waals surface area (Å²) in [5.74, 6) is 0.898. The van der Waals surface area contributed by atoms with Crippen molar-refractivity contribution in [1.29, 1.82) is 0 Å². The van der Waals surface area contributed by atoms with Crippen LogP contribution < -0.4 is 4.74 Å². The van der Waals surface area contributed by atoms with Crippen LogP contribution in [0.1, 0.15) is 36.7 Å². The Morgan fingerprint density at radius 2 is 1.89 bits per heavy atom. The highest BCUT2D eigenvalue weighted by atomic mass is 79.9. The van der Waals surface area contributed by atoms with Gasteiger partial charge >= 0.3 is 0 Å². The Balaban J connectivity index is 2.13. The molecule has 0 aliphatic heterocycles. The highest BCUT2D eigenvalue weighted by Gasteiger charge is 2.07. The first-order valence-electron chi connectivity index (χ1n) is 6.39. The third-order valence-electron chi connectivity index (χ3n) is 3.10. The SMILES string of the molecule is Cc1cc(OCc2cncn2C(C)C)cc(C)c1Br. The number of ether oxygens (including phenoxy) is 1. The Morgan fingerprint density at radius 1 is 1.26 bits per heavy atom. The number of halogens is 1. The molecule has 3 nitrogen and oxygen atoms in total. The van der Waals surface area contributed by atoms with Crippen LogP contribution in [0.25, 0.3) is 0 Å². The Labute approximate surface area is 122 Å². The second-order valence-electron chi connectivity index (χ2n) is 5.05. The molecule has 0 radical (unpaired) electrons. The zero-order valence-electron chi connectivity index (χ0n) is 11.8. The van der Waals surface area contributed by atoms with E-state index in [-0.39, 0.29) is 0 Å². The molecule has 0 saturated carbocycles. The summed E-state index contributed by atoms with van der Waals surface area (Å²) in [6, 6.07) is 4.50. The maximum Gasteiger partial charge on any atom is 0.130 e. The number of hydrogen-bond acceptors (Lipinski definition) is 2. The van der Waals surface area contributed by atoms with Crippen molar-refractivity contribution in [3.63, 3.8) is 0 Å². The highest BCUT2D eigenvalue weighted by molar-refractivity contribution is 9.10. The molecule has 0 bridgehead atoms. The van der Waals surface area contributed by atoms with Crippen LogP contribution in [0, 0.1) is 13.8 Å². The van der Waals surface area contributed by atoms with E-state index >= 15 is 0 Å². The van der Waals surface area contributed by atoms with Crippen molar-refractivity contribution < 1.29 is 4.74 Å². The molecular formula is C15H19BrN2O. The third kappa shape index (κ3) is 3.18. The summed E-state index contributed by atoms with van der Waals surface area (Å²) >= 11 is 3.56. The van der Waals surface area contributed by atoms with Gasteiger partial charge in [-0.1, -0.05) is 15.9 Å². The van der Waals surface area contributed by atoms with Gasteiger partial charge in [-0.15, -0.1) is 0 Å². The molecule has 0 unspecified atom stereocenters. The van der Waals surface area contributed by atoms with Crippen molar-refractivity contribution in [1.82, 2.24) is 9.55 Å². The Morgan fingerprint density at radius 3 is 2.47 bits per heavy atom. The van der Waals surface area contributed by atoms with Gasteiger partial charge in [0.15, 0.2) is 0 Å². The summed E-state index contributed by atoms with van der Waals surface area (Å²) < 4.78 is 9.15. The van der Waals surface area contributed by atoms with E-state index in [1.165, 1.54) is 11.1 Å². The van der Waals surface area contributed by atoms with Crippen LogP contribution in [0.5, 0.6) is 5.75 Å². The average Bonchev–Trinajstić information content (AvgIpc) is 2.81. The molecule has 102 valence electrons. The van der Waals surface area contributed by atoms with Crippen molar-refractivity contribution in [2.75, 3.05) is 0 Å². The van der Waals surface area contributed by atoms with Crippen LogP contribution in [-0.2, 0) is 6.61 Å². The van der Waals surface area contributed by atoms with Gasteiger partial charge in [0.2, 0.25) is 0 Å². The number of aryl methyl sites for hydroxylation is 2. The highest BCUT2D eigenvalue weighted by Crippen LogP contribution is 2.26. The maximum absolute atomic E-state index is 5.88.